The average molecular weight is 376 g/mol. The van der Waals surface area contributed by atoms with Crippen molar-refractivity contribution in [2.75, 3.05) is 57.8 Å². The Morgan fingerprint density at radius 2 is 1.81 bits per heavy atom. The molecule has 7 heteroatoms. The highest BCUT2D eigenvalue weighted by atomic mass is 16.5. The summed E-state index contributed by atoms with van der Waals surface area (Å²) in [7, 11) is 0. The van der Waals surface area contributed by atoms with E-state index in [0.717, 1.165) is 69.5 Å². The molecule has 0 saturated carbocycles. The lowest BCUT2D eigenvalue weighted by Crippen LogP contribution is -2.41. The zero-order chi connectivity index (χ0) is 19.1. The molecule has 0 radical (unpaired) electrons. The number of morpholine rings is 1. The number of aryl methyl sites for hydroxylation is 2. The van der Waals surface area contributed by atoms with Crippen LogP contribution in [0.15, 0.2) is 6.07 Å². The maximum atomic E-state index is 12.5. The molecular weight excluding hydrogens is 342 g/mol. The second kappa shape index (κ2) is 9.99. The second-order valence-electron chi connectivity index (χ2n) is 7.72. The third-order valence-electron chi connectivity index (χ3n) is 5.53. The molecule has 1 aromatic rings. The predicted octanol–water partition coefficient (Wildman–Crippen LogP) is 1.86. The molecule has 1 N–H and O–H groups in total. The van der Waals surface area contributed by atoms with Gasteiger partial charge in [0.2, 0.25) is 11.9 Å². The number of aromatic nitrogens is 2. The average Bonchev–Trinajstić information content (AvgIpc) is 2.67. The number of nitrogens with zero attached hydrogens (tertiary/aromatic N) is 4. The summed E-state index contributed by atoms with van der Waals surface area (Å²) in [6, 6.07) is 1.94. The molecule has 2 saturated heterocycles. The van der Waals surface area contributed by atoms with Crippen LogP contribution in [0.5, 0.6) is 0 Å². The molecule has 1 amide bonds. The first-order valence-corrected chi connectivity index (χ1v) is 10.2. The number of piperidine rings is 1. The van der Waals surface area contributed by atoms with Crippen molar-refractivity contribution < 1.29 is 9.53 Å². The van der Waals surface area contributed by atoms with Crippen molar-refractivity contribution in [1.29, 1.82) is 0 Å². The summed E-state index contributed by atoms with van der Waals surface area (Å²) in [4.78, 5) is 25.7. The van der Waals surface area contributed by atoms with Gasteiger partial charge in [-0.1, -0.05) is 0 Å². The minimum Gasteiger partial charge on any atom is -0.379 e. The third kappa shape index (κ3) is 6.43. The summed E-state index contributed by atoms with van der Waals surface area (Å²) in [5.74, 6) is 1.60. The maximum absolute atomic E-state index is 12.5. The molecule has 0 unspecified atom stereocenters. The fourth-order valence-corrected chi connectivity index (χ4v) is 3.91. The Labute approximate surface area is 162 Å². The van der Waals surface area contributed by atoms with Crippen molar-refractivity contribution in [2.24, 2.45) is 5.92 Å². The SMILES string of the molecule is Cc1cc(C)nc(NCCC(=O)N2CCC(CCN3CCOCC3)CC2)n1. The van der Waals surface area contributed by atoms with Gasteiger partial charge in [0.15, 0.2) is 0 Å². The second-order valence-corrected chi connectivity index (χ2v) is 7.72. The first kappa shape index (κ1) is 20.0. The fraction of sp³-hybridized carbons (Fsp3) is 0.750. The Kier molecular flexibility index (Phi) is 7.41. The molecule has 3 heterocycles. The highest BCUT2D eigenvalue weighted by Gasteiger charge is 2.23. The van der Waals surface area contributed by atoms with Crippen LogP contribution in [0, 0.1) is 19.8 Å². The highest BCUT2D eigenvalue weighted by Crippen LogP contribution is 2.21. The summed E-state index contributed by atoms with van der Waals surface area (Å²) in [5.41, 5.74) is 1.88. The van der Waals surface area contributed by atoms with Crippen LogP contribution in [0.25, 0.3) is 0 Å². The topological polar surface area (TPSA) is 70.6 Å². The number of hydrogen-bond donors (Lipinski definition) is 1. The lowest BCUT2D eigenvalue weighted by Gasteiger charge is -2.34. The quantitative estimate of drug-likeness (QED) is 0.784. The lowest BCUT2D eigenvalue weighted by molar-refractivity contribution is -0.132. The number of rotatable bonds is 7. The van der Waals surface area contributed by atoms with Crippen molar-refractivity contribution in [1.82, 2.24) is 19.8 Å². The van der Waals surface area contributed by atoms with Gasteiger partial charge in [0.1, 0.15) is 0 Å². The standard InChI is InChI=1S/C20H33N5O2/c1-16-15-17(2)23-20(22-16)21-7-3-19(26)25-9-5-18(6-10-25)4-8-24-11-13-27-14-12-24/h15,18H,3-14H2,1-2H3,(H,21,22,23). The number of carbonyl (C=O) groups excluding carboxylic acids is 1. The lowest BCUT2D eigenvalue weighted by atomic mass is 9.93. The molecule has 2 fully saturated rings. The van der Waals surface area contributed by atoms with E-state index in [-0.39, 0.29) is 5.91 Å². The summed E-state index contributed by atoms with van der Waals surface area (Å²) in [6.45, 7) is 11.3. The van der Waals surface area contributed by atoms with Gasteiger partial charge >= 0.3 is 0 Å². The molecule has 1 aromatic heterocycles. The number of carbonyl (C=O) groups is 1. The monoisotopic (exact) mass is 375 g/mol. The zero-order valence-corrected chi connectivity index (χ0v) is 16.7. The van der Waals surface area contributed by atoms with Gasteiger partial charge in [-0.3, -0.25) is 9.69 Å². The molecule has 0 spiro atoms. The van der Waals surface area contributed by atoms with E-state index in [1.165, 1.54) is 13.0 Å². The molecular formula is C20H33N5O2. The van der Waals surface area contributed by atoms with Crippen LogP contribution >= 0.6 is 0 Å². The number of likely N-dealkylation sites (tertiary alicyclic amines) is 1. The minimum absolute atomic E-state index is 0.235. The normalized spacial score (nSPS) is 19.3. The predicted molar refractivity (Wildman–Crippen MR) is 106 cm³/mol. The highest BCUT2D eigenvalue weighted by molar-refractivity contribution is 5.76. The summed E-state index contributed by atoms with van der Waals surface area (Å²) in [6.07, 6.45) is 4.00. The van der Waals surface area contributed by atoms with Crippen molar-refractivity contribution in [3.05, 3.63) is 17.5 Å². The van der Waals surface area contributed by atoms with Crippen molar-refractivity contribution in [3.8, 4) is 0 Å². The Morgan fingerprint density at radius 3 is 2.48 bits per heavy atom. The van der Waals surface area contributed by atoms with Gasteiger partial charge in [0, 0.05) is 50.5 Å². The molecule has 2 aliphatic heterocycles. The summed E-state index contributed by atoms with van der Waals surface area (Å²) in [5, 5.41) is 3.18. The molecule has 150 valence electrons. The first-order valence-electron chi connectivity index (χ1n) is 10.2. The van der Waals surface area contributed by atoms with E-state index in [1.54, 1.807) is 0 Å². The maximum Gasteiger partial charge on any atom is 0.224 e. The number of nitrogens with one attached hydrogen (secondary N) is 1. The van der Waals surface area contributed by atoms with Gasteiger partial charge in [0.05, 0.1) is 13.2 Å². The molecule has 2 aliphatic rings. The smallest absolute Gasteiger partial charge is 0.224 e. The molecule has 0 bridgehead atoms. The van der Waals surface area contributed by atoms with E-state index >= 15 is 0 Å². The van der Waals surface area contributed by atoms with Crippen LogP contribution in [0.3, 0.4) is 0 Å². The first-order chi connectivity index (χ1) is 13.1. The van der Waals surface area contributed by atoms with E-state index in [4.69, 9.17) is 4.74 Å². The molecule has 27 heavy (non-hydrogen) atoms. The number of amides is 1. The fourth-order valence-electron chi connectivity index (χ4n) is 3.91. The van der Waals surface area contributed by atoms with Gasteiger partial charge in [-0.05, 0) is 51.6 Å². The van der Waals surface area contributed by atoms with E-state index in [2.05, 4.69) is 20.2 Å². The largest absolute Gasteiger partial charge is 0.379 e. The van der Waals surface area contributed by atoms with Crippen LogP contribution in [0.4, 0.5) is 5.95 Å². The van der Waals surface area contributed by atoms with Crippen LogP contribution in [0.1, 0.15) is 37.1 Å². The van der Waals surface area contributed by atoms with Crippen molar-refractivity contribution >= 4 is 11.9 Å². The molecule has 0 aromatic carbocycles. The Balaban J connectivity index is 1.32. The number of ether oxygens (including phenoxy) is 1. The van der Waals surface area contributed by atoms with Gasteiger partial charge in [0.25, 0.3) is 0 Å². The van der Waals surface area contributed by atoms with E-state index in [1.807, 2.05) is 24.8 Å². The molecule has 3 rings (SSSR count). The van der Waals surface area contributed by atoms with Crippen LogP contribution in [-0.2, 0) is 9.53 Å². The summed E-state index contributed by atoms with van der Waals surface area (Å²) < 4.78 is 5.41. The summed E-state index contributed by atoms with van der Waals surface area (Å²) >= 11 is 0. The van der Waals surface area contributed by atoms with Gasteiger partial charge in [-0.15, -0.1) is 0 Å². The van der Waals surface area contributed by atoms with Crippen molar-refractivity contribution in [3.63, 3.8) is 0 Å². The van der Waals surface area contributed by atoms with E-state index < -0.39 is 0 Å². The zero-order valence-electron chi connectivity index (χ0n) is 16.7. The Morgan fingerprint density at radius 1 is 1.15 bits per heavy atom. The Bertz CT molecular complexity index is 590. The van der Waals surface area contributed by atoms with Crippen LogP contribution in [0.2, 0.25) is 0 Å². The van der Waals surface area contributed by atoms with Gasteiger partial charge in [-0.2, -0.15) is 0 Å². The Hall–Kier alpha value is -1.73. The van der Waals surface area contributed by atoms with E-state index in [9.17, 15) is 4.79 Å². The van der Waals surface area contributed by atoms with Crippen LogP contribution < -0.4 is 5.32 Å². The minimum atomic E-state index is 0.235. The van der Waals surface area contributed by atoms with Gasteiger partial charge in [-0.25, -0.2) is 9.97 Å². The van der Waals surface area contributed by atoms with Crippen LogP contribution in [-0.4, -0.2) is 78.2 Å². The molecule has 7 nitrogen and oxygen atoms in total. The molecule has 0 aliphatic carbocycles. The molecule has 0 atom stereocenters. The van der Waals surface area contributed by atoms with Gasteiger partial charge < -0.3 is 15.0 Å². The van der Waals surface area contributed by atoms with Crippen molar-refractivity contribution in [2.45, 2.75) is 39.5 Å². The third-order valence-corrected chi connectivity index (χ3v) is 5.53. The van der Waals surface area contributed by atoms with E-state index in [0.29, 0.717) is 18.9 Å². The number of hydrogen-bond acceptors (Lipinski definition) is 6. The number of anilines is 1.